The number of amides is 1. The van der Waals surface area contributed by atoms with Gasteiger partial charge in [-0.25, -0.2) is 4.79 Å². The molecule has 1 unspecified atom stereocenters. The summed E-state index contributed by atoms with van der Waals surface area (Å²) in [5, 5.41) is 2.83. The molecule has 0 saturated carbocycles. The first-order chi connectivity index (χ1) is 9.67. The second-order valence-corrected chi connectivity index (χ2v) is 6.39. The van der Waals surface area contributed by atoms with Gasteiger partial charge in [0.05, 0.1) is 6.54 Å². The summed E-state index contributed by atoms with van der Waals surface area (Å²) in [5.74, 6) is 0. The van der Waals surface area contributed by atoms with E-state index in [4.69, 9.17) is 4.74 Å². The molecule has 0 aromatic heterocycles. The lowest BCUT2D eigenvalue weighted by Gasteiger charge is -2.49. The van der Waals surface area contributed by atoms with Gasteiger partial charge in [-0.1, -0.05) is 24.3 Å². The zero-order valence-corrected chi connectivity index (χ0v) is 11.8. The van der Waals surface area contributed by atoms with E-state index in [-0.39, 0.29) is 11.7 Å². The highest BCUT2D eigenvalue weighted by Gasteiger charge is 2.49. The van der Waals surface area contributed by atoms with Crippen molar-refractivity contribution in [1.82, 2.24) is 10.2 Å². The zero-order chi connectivity index (χ0) is 13.7. The molecule has 0 bridgehead atoms. The Labute approximate surface area is 119 Å². The van der Waals surface area contributed by atoms with E-state index in [9.17, 15) is 4.79 Å². The maximum Gasteiger partial charge on any atom is 0.407 e. The van der Waals surface area contributed by atoms with Crippen molar-refractivity contribution in [2.24, 2.45) is 0 Å². The van der Waals surface area contributed by atoms with Crippen LogP contribution in [-0.2, 0) is 11.2 Å². The molecule has 2 fully saturated rings. The topological polar surface area (TPSA) is 41.6 Å². The van der Waals surface area contributed by atoms with Crippen LogP contribution in [0.3, 0.4) is 0 Å². The standard InChI is InChI=1S/C16H20N2O2/c1-11-8-12-4-2-3-5-13(12)14-9-16(6-7-18(11)14)10-17-15(19)20-16/h2-5,11,14H,6-10H2,1H3,(H,17,19)/t11?,14-,16-/m0/s1. The van der Waals surface area contributed by atoms with Crippen LogP contribution in [0.15, 0.2) is 24.3 Å². The largest absolute Gasteiger partial charge is 0.441 e. The smallest absolute Gasteiger partial charge is 0.407 e. The van der Waals surface area contributed by atoms with E-state index in [0.717, 1.165) is 25.8 Å². The summed E-state index contributed by atoms with van der Waals surface area (Å²) in [6.07, 6.45) is 2.72. The van der Waals surface area contributed by atoms with E-state index in [1.807, 2.05) is 0 Å². The summed E-state index contributed by atoms with van der Waals surface area (Å²) in [4.78, 5) is 14.0. The Morgan fingerprint density at radius 3 is 3.05 bits per heavy atom. The molecule has 20 heavy (non-hydrogen) atoms. The number of fused-ring (bicyclic) bond motifs is 3. The molecular weight excluding hydrogens is 252 g/mol. The van der Waals surface area contributed by atoms with E-state index >= 15 is 0 Å². The van der Waals surface area contributed by atoms with E-state index in [1.54, 1.807) is 0 Å². The van der Waals surface area contributed by atoms with Gasteiger partial charge < -0.3 is 10.1 Å². The van der Waals surface area contributed by atoms with E-state index in [2.05, 4.69) is 41.4 Å². The Morgan fingerprint density at radius 1 is 1.40 bits per heavy atom. The minimum Gasteiger partial charge on any atom is -0.441 e. The summed E-state index contributed by atoms with van der Waals surface area (Å²) in [6.45, 7) is 3.97. The Kier molecular flexibility index (Phi) is 2.58. The molecule has 3 atom stereocenters. The molecule has 106 valence electrons. The Balaban J connectivity index is 1.70. The quantitative estimate of drug-likeness (QED) is 0.787. The number of nitrogens with zero attached hydrogens (tertiary/aromatic N) is 1. The van der Waals surface area contributed by atoms with Crippen LogP contribution in [-0.4, -0.2) is 35.7 Å². The molecule has 4 rings (SSSR count). The summed E-state index contributed by atoms with van der Waals surface area (Å²) in [5.41, 5.74) is 2.59. The van der Waals surface area contributed by atoms with Crippen LogP contribution in [0.25, 0.3) is 0 Å². The lowest BCUT2D eigenvalue weighted by Crippen LogP contribution is -2.53. The van der Waals surface area contributed by atoms with Crippen LogP contribution in [0, 0.1) is 0 Å². The number of hydrogen-bond acceptors (Lipinski definition) is 3. The first kappa shape index (κ1) is 12.2. The molecule has 4 nitrogen and oxygen atoms in total. The second-order valence-electron chi connectivity index (χ2n) is 6.39. The van der Waals surface area contributed by atoms with Gasteiger partial charge in [0, 0.05) is 31.5 Å². The third kappa shape index (κ3) is 1.74. The number of rotatable bonds is 0. The van der Waals surface area contributed by atoms with E-state index < -0.39 is 0 Å². The average Bonchev–Trinajstić information content (AvgIpc) is 2.80. The first-order valence-electron chi connectivity index (χ1n) is 7.47. The number of benzene rings is 1. The van der Waals surface area contributed by atoms with Gasteiger partial charge in [-0.05, 0) is 24.5 Å². The number of hydrogen-bond donors (Lipinski definition) is 1. The molecule has 1 amide bonds. The highest BCUT2D eigenvalue weighted by molar-refractivity contribution is 5.70. The molecule has 1 aromatic rings. The van der Waals surface area contributed by atoms with Crippen molar-refractivity contribution in [3.05, 3.63) is 35.4 Å². The van der Waals surface area contributed by atoms with Crippen molar-refractivity contribution < 1.29 is 9.53 Å². The Morgan fingerprint density at radius 2 is 2.25 bits per heavy atom. The fourth-order valence-corrected chi connectivity index (χ4v) is 4.11. The third-order valence-electron chi connectivity index (χ3n) is 5.15. The maximum atomic E-state index is 11.4. The predicted molar refractivity (Wildman–Crippen MR) is 75.5 cm³/mol. The summed E-state index contributed by atoms with van der Waals surface area (Å²) in [7, 11) is 0. The maximum absolute atomic E-state index is 11.4. The van der Waals surface area contributed by atoms with Gasteiger partial charge in [0.2, 0.25) is 0 Å². The molecule has 1 spiro atoms. The molecule has 1 N–H and O–H groups in total. The highest BCUT2D eigenvalue weighted by atomic mass is 16.6. The number of carbonyl (C=O) groups is 1. The van der Waals surface area contributed by atoms with Crippen molar-refractivity contribution in [1.29, 1.82) is 0 Å². The van der Waals surface area contributed by atoms with Crippen LogP contribution in [0.4, 0.5) is 4.79 Å². The first-order valence-corrected chi connectivity index (χ1v) is 7.47. The van der Waals surface area contributed by atoms with Crippen LogP contribution < -0.4 is 5.32 Å². The number of ether oxygens (including phenoxy) is 1. The molecular formula is C16H20N2O2. The summed E-state index contributed by atoms with van der Waals surface area (Å²) >= 11 is 0. The average molecular weight is 272 g/mol. The molecule has 2 saturated heterocycles. The van der Waals surface area contributed by atoms with Crippen LogP contribution in [0.1, 0.15) is 36.9 Å². The molecule has 1 aromatic carbocycles. The van der Waals surface area contributed by atoms with E-state index in [0.29, 0.717) is 18.6 Å². The Bertz CT molecular complexity index is 559. The van der Waals surface area contributed by atoms with Gasteiger partial charge in [0.25, 0.3) is 0 Å². The van der Waals surface area contributed by atoms with Gasteiger partial charge in [-0.15, -0.1) is 0 Å². The van der Waals surface area contributed by atoms with Crippen LogP contribution in [0.2, 0.25) is 0 Å². The van der Waals surface area contributed by atoms with Gasteiger partial charge in [-0.2, -0.15) is 0 Å². The van der Waals surface area contributed by atoms with Gasteiger partial charge >= 0.3 is 6.09 Å². The van der Waals surface area contributed by atoms with Crippen molar-refractivity contribution in [2.75, 3.05) is 13.1 Å². The summed E-state index contributed by atoms with van der Waals surface area (Å²) in [6, 6.07) is 9.67. The van der Waals surface area contributed by atoms with Gasteiger partial charge in [0.15, 0.2) is 0 Å². The van der Waals surface area contributed by atoms with Crippen molar-refractivity contribution >= 4 is 6.09 Å². The fraction of sp³-hybridized carbons (Fsp3) is 0.562. The van der Waals surface area contributed by atoms with Crippen LogP contribution >= 0.6 is 0 Å². The van der Waals surface area contributed by atoms with Crippen molar-refractivity contribution in [2.45, 2.75) is 43.9 Å². The SMILES string of the molecule is CC1Cc2ccccc2[C@@H]2C[C@@]3(CCN12)CNC(=O)O3. The third-order valence-corrected chi connectivity index (χ3v) is 5.15. The second kappa shape index (κ2) is 4.22. The Hall–Kier alpha value is -1.55. The monoisotopic (exact) mass is 272 g/mol. The number of carbonyl (C=O) groups excluding carboxylic acids is 1. The van der Waals surface area contributed by atoms with Crippen molar-refractivity contribution in [3.8, 4) is 0 Å². The molecule has 0 radical (unpaired) electrons. The minimum absolute atomic E-state index is 0.254. The predicted octanol–water partition coefficient (Wildman–Crippen LogP) is 2.25. The molecule has 3 heterocycles. The fourth-order valence-electron chi connectivity index (χ4n) is 4.11. The normalized spacial score (nSPS) is 36.1. The van der Waals surface area contributed by atoms with E-state index in [1.165, 1.54) is 11.1 Å². The number of alkyl carbamates (subject to hydrolysis) is 1. The highest BCUT2D eigenvalue weighted by Crippen LogP contribution is 2.44. The lowest BCUT2D eigenvalue weighted by atomic mass is 9.78. The van der Waals surface area contributed by atoms with Gasteiger partial charge in [0.1, 0.15) is 5.60 Å². The molecule has 0 aliphatic carbocycles. The molecule has 4 heteroatoms. The summed E-state index contributed by atoms with van der Waals surface area (Å²) < 4.78 is 5.61. The zero-order valence-electron chi connectivity index (χ0n) is 11.8. The number of nitrogens with one attached hydrogen (secondary N) is 1. The van der Waals surface area contributed by atoms with Crippen LogP contribution in [0.5, 0.6) is 0 Å². The lowest BCUT2D eigenvalue weighted by molar-refractivity contribution is -0.0428. The molecule has 3 aliphatic heterocycles. The number of piperidine rings is 1. The minimum atomic E-state index is -0.289. The molecule has 3 aliphatic rings. The van der Waals surface area contributed by atoms with Gasteiger partial charge in [-0.3, -0.25) is 4.90 Å². The van der Waals surface area contributed by atoms with Crippen molar-refractivity contribution in [3.63, 3.8) is 0 Å².